The second-order valence-corrected chi connectivity index (χ2v) is 6.34. The first kappa shape index (κ1) is 16.0. The standard InChI is InChI=1S/C17H23NO2S/c1-3-15(12-19)18(11-16-8-5-9-21-16)10-14-7-4-6-13(2)17(14)20/h4-9,15,19-20H,3,10-12H2,1-2H3. The highest BCUT2D eigenvalue weighted by molar-refractivity contribution is 7.09. The van der Waals surface area contributed by atoms with E-state index < -0.39 is 0 Å². The highest BCUT2D eigenvalue weighted by Gasteiger charge is 2.19. The third-order valence-corrected chi connectivity index (χ3v) is 4.69. The van der Waals surface area contributed by atoms with Gasteiger partial charge in [0.1, 0.15) is 5.75 Å². The van der Waals surface area contributed by atoms with Crippen molar-refractivity contribution in [3.05, 3.63) is 51.7 Å². The van der Waals surface area contributed by atoms with Gasteiger partial charge in [-0.05, 0) is 30.4 Å². The molecule has 114 valence electrons. The van der Waals surface area contributed by atoms with Gasteiger partial charge in [-0.2, -0.15) is 0 Å². The molecule has 1 atom stereocenters. The van der Waals surface area contributed by atoms with Gasteiger partial charge in [-0.25, -0.2) is 0 Å². The fraction of sp³-hybridized carbons (Fsp3) is 0.412. The van der Waals surface area contributed by atoms with Crippen LogP contribution in [-0.4, -0.2) is 27.8 Å². The quantitative estimate of drug-likeness (QED) is 0.822. The molecule has 0 aliphatic heterocycles. The Labute approximate surface area is 130 Å². The average Bonchev–Trinajstić information content (AvgIpc) is 2.98. The van der Waals surface area contributed by atoms with Gasteiger partial charge in [0.05, 0.1) is 6.61 Å². The van der Waals surface area contributed by atoms with E-state index >= 15 is 0 Å². The molecule has 0 aliphatic rings. The van der Waals surface area contributed by atoms with Gasteiger partial charge < -0.3 is 10.2 Å². The molecule has 2 rings (SSSR count). The van der Waals surface area contributed by atoms with Crippen LogP contribution in [0.3, 0.4) is 0 Å². The summed E-state index contributed by atoms with van der Waals surface area (Å²) in [5.74, 6) is 0.362. The molecule has 0 radical (unpaired) electrons. The summed E-state index contributed by atoms with van der Waals surface area (Å²) in [5, 5.41) is 21.9. The molecule has 0 spiro atoms. The van der Waals surface area contributed by atoms with Crippen LogP contribution in [0.1, 0.15) is 29.3 Å². The third kappa shape index (κ3) is 4.06. The van der Waals surface area contributed by atoms with Crippen molar-refractivity contribution in [2.45, 2.75) is 39.4 Å². The molecule has 1 unspecified atom stereocenters. The summed E-state index contributed by atoms with van der Waals surface area (Å²) in [7, 11) is 0. The second-order valence-electron chi connectivity index (χ2n) is 5.31. The molecule has 3 nitrogen and oxygen atoms in total. The first-order valence-corrected chi connectivity index (χ1v) is 8.18. The number of aliphatic hydroxyl groups excluding tert-OH is 1. The minimum Gasteiger partial charge on any atom is -0.507 e. The van der Waals surface area contributed by atoms with Crippen LogP contribution in [0.2, 0.25) is 0 Å². The highest BCUT2D eigenvalue weighted by atomic mass is 32.1. The zero-order chi connectivity index (χ0) is 15.2. The van der Waals surface area contributed by atoms with Crippen LogP contribution in [0, 0.1) is 6.92 Å². The van der Waals surface area contributed by atoms with Crippen molar-refractivity contribution in [2.24, 2.45) is 0 Å². The fourth-order valence-corrected chi connectivity index (χ4v) is 3.22. The van der Waals surface area contributed by atoms with E-state index in [4.69, 9.17) is 0 Å². The van der Waals surface area contributed by atoms with Gasteiger partial charge in [-0.15, -0.1) is 11.3 Å². The van der Waals surface area contributed by atoms with E-state index in [1.807, 2.05) is 31.2 Å². The summed E-state index contributed by atoms with van der Waals surface area (Å²) in [6.45, 7) is 5.56. The first-order chi connectivity index (χ1) is 10.2. The summed E-state index contributed by atoms with van der Waals surface area (Å²) < 4.78 is 0. The van der Waals surface area contributed by atoms with Gasteiger partial charge in [0.25, 0.3) is 0 Å². The van der Waals surface area contributed by atoms with Crippen LogP contribution in [0.5, 0.6) is 5.75 Å². The van der Waals surface area contributed by atoms with Crippen molar-refractivity contribution in [2.75, 3.05) is 6.61 Å². The number of hydrogen-bond donors (Lipinski definition) is 2. The van der Waals surface area contributed by atoms with Gasteiger partial charge in [0.2, 0.25) is 0 Å². The summed E-state index contributed by atoms with van der Waals surface area (Å²) in [6.07, 6.45) is 0.883. The van der Waals surface area contributed by atoms with Gasteiger partial charge in [-0.1, -0.05) is 31.2 Å². The third-order valence-electron chi connectivity index (χ3n) is 3.83. The zero-order valence-electron chi connectivity index (χ0n) is 12.6. The van der Waals surface area contributed by atoms with Crippen LogP contribution in [-0.2, 0) is 13.1 Å². The molecule has 0 aliphatic carbocycles. The minimum atomic E-state index is 0.104. The molecule has 0 saturated carbocycles. The number of benzene rings is 1. The molecule has 4 heteroatoms. The number of hydrogen-bond acceptors (Lipinski definition) is 4. The number of aliphatic hydroxyl groups is 1. The maximum Gasteiger partial charge on any atom is 0.122 e. The number of thiophene rings is 1. The number of para-hydroxylation sites is 1. The lowest BCUT2D eigenvalue weighted by Crippen LogP contribution is -2.36. The Balaban J connectivity index is 2.20. The lowest BCUT2D eigenvalue weighted by molar-refractivity contribution is 0.107. The van der Waals surface area contributed by atoms with E-state index in [1.165, 1.54) is 4.88 Å². The Hall–Kier alpha value is -1.36. The molecule has 1 heterocycles. The molecular formula is C17H23NO2S. The number of phenolic OH excluding ortho intramolecular Hbond substituents is 1. The average molecular weight is 305 g/mol. The molecular weight excluding hydrogens is 282 g/mol. The van der Waals surface area contributed by atoms with E-state index in [0.29, 0.717) is 12.3 Å². The summed E-state index contributed by atoms with van der Waals surface area (Å²) in [5.41, 5.74) is 1.80. The monoisotopic (exact) mass is 305 g/mol. The van der Waals surface area contributed by atoms with E-state index in [1.54, 1.807) is 11.3 Å². The van der Waals surface area contributed by atoms with E-state index in [2.05, 4.69) is 23.3 Å². The van der Waals surface area contributed by atoms with Crippen molar-refractivity contribution < 1.29 is 10.2 Å². The Bertz CT molecular complexity index is 550. The number of phenols is 1. The first-order valence-electron chi connectivity index (χ1n) is 7.30. The fourth-order valence-electron chi connectivity index (χ4n) is 2.49. The number of rotatable bonds is 7. The molecule has 0 saturated heterocycles. The second kappa shape index (κ2) is 7.59. The topological polar surface area (TPSA) is 43.7 Å². The summed E-state index contributed by atoms with van der Waals surface area (Å²) >= 11 is 1.72. The zero-order valence-corrected chi connectivity index (χ0v) is 13.4. The van der Waals surface area contributed by atoms with Crippen LogP contribution in [0.4, 0.5) is 0 Å². The minimum absolute atomic E-state index is 0.104. The van der Waals surface area contributed by atoms with Crippen molar-refractivity contribution in [1.29, 1.82) is 0 Å². The Morgan fingerprint density at radius 1 is 1.19 bits per heavy atom. The lowest BCUT2D eigenvalue weighted by atomic mass is 10.1. The number of aryl methyl sites for hydroxylation is 1. The van der Waals surface area contributed by atoms with Gasteiger partial charge in [0, 0.05) is 29.6 Å². The molecule has 2 N–H and O–H groups in total. The number of aromatic hydroxyl groups is 1. The molecule has 2 aromatic rings. The molecule has 0 fully saturated rings. The number of nitrogens with zero attached hydrogens (tertiary/aromatic N) is 1. The van der Waals surface area contributed by atoms with Crippen LogP contribution in [0.25, 0.3) is 0 Å². The molecule has 21 heavy (non-hydrogen) atoms. The molecule has 0 bridgehead atoms. The van der Waals surface area contributed by atoms with Crippen molar-refractivity contribution >= 4 is 11.3 Å². The lowest BCUT2D eigenvalue weighted by Gasteiger charge is -2.29. The summed E-state index contributed by atoms with van der Waals surface area (Å²) in [6, 6.07) is 10.1. The SMILES string of the molecule is CCC(CO)N(Cc1cccs1)Cc1cccc(C)c1O. The molecule has 1 aromatic heterocycles. The van der Waals surface area contributed by atoms with E-state index in [0.717, 1.165) is 24.1 Å². The largest absolute Gasteiger partial charge is 0.507 e. The van der Waals surface area contributed by atoms with E-state index in [9.17, 15) is 10.2 Å². The Morgan fingerprint density at radius 2 is 2.00 bits per heavy atom. The smallest absolute Gasteiger partial charge is 0.122 e. The van der Waals surface area contributed by atoms with Gasteiger partial charge >= 0.3 is 0 Å². The van der Waals surface area contributed by atoms with Crippen LogP contribution < -0.4 is 0 Å². The maximum atomic E-state index is 10.2. The maximum absolute atomic E-state index is 10.2. The Morgan fingerprint density at radius 3 is 2.62 bits per heavy atom. The van der Waals surface area contributed by atoms with Gasteiger partial charge in [-0.3, -0.25) is 4.90 Å². The van der Waals surface area contributed by atoms with Crippen LogP contribution in [0.15, 0.2) is 35.7 Å². The molecule has 1 aromatic carbocycles. The van der Waals surface area contributed by atoms with Gasteiger partial charge in [0.15, 0.2) is 0 Å². The normalized spacial score (nSPS) is 12.8. The predicted octanol–water partition coefficient (Wildman–Crippen LogP) is 3.54. The van der Waals surface area contributed by atoms with E-state index in [-0.39, 0.29) is 12.6 Å². The van der Waals surface area contributed by atoms with Crippen molar-refractivity contribution in [1.82, 2.24) is 4.90 Å². The summed E-state index contributed by atoms with van der Waals surface area (Å²) in [4.78, 5) is 3.51. The Kier molecular flexibility index (Phi) is 5.79. The van der Waals surface area contributed by atoms with Crippen molar-refractivity contribution in [3.63, 3.8) is 0 Å². The van der Waals surface area contributed by atoms with Crippen LogP contribution >= 0.6 is 11.3 Å². The molecule has 0 amide bonds. The highest BCUT2D eigenvalue weighted by Crippen LogP contribution is 2.25. The van der Waals surface area contributed by atoms with Crippen molar-refractivity contribution in [3.8, 4) is 5.75 Å². The predicted molar refractivity (Wildman–Crippen MR) is 87.6 cm³/mol.